The molecule has 0 bridgehead atoms. The van der Waals surface area contributed by atoms with Crippen molar-refractivity contribution in [3.8, 4) is 0 Å². The third-order valence-corrected chi connectivity index (χ3v) is 3.72. The first-order valence-corrected chi connectivity index (χ1v) is 6.65. The first kappa shape index (κ1) is 12.0. The number of urea groups is 1. The van der Waals surface area contributed by atoms with Crippen LogP contribution in [0.1, 0.15) is 18.4 Å². The van der Waals surface area contributed by atoms with Crippen LogP contribution in [0, 0.1) is 0 Å². The minimum atomic E-state index is -0.467. The van der Waals surface area contributed by atoms with Crippen molar-refractivity contribution in [1.82, 2.24) is 15.5 Å². The molecule has 2 fully saturated rings. The highest BCUT2D eigenvalue weighted by Crippen LogP contribution is 2.19. The normalized spacial score (nSPS) is 26.4. The zero-order valence-electron chi connectivity index (χ0n) is 10.6. The first-order chi connectivity index (χ1) is 9.24. The molecule has 0 radical (unpaired) electrons. The minimum absolute atomic E-state index is 0.0182. The van der Waals surface area contributed by atoms with Crippen LogP contribution in [-0.2, 0) is 11.2 Å². The van der Waals surface area contributed by atoms with Gasteiger partial charge < -0.3 is 15.5 Å². The summed E-state index contributed by atoms with van der Waals surface area (Å²) in [7, 11) is 0. The quantitative estimate of drug-likeness (QED) is 0.827. The maximum atomic E-state index is 12.4. The standard InChI is InChI=1S/C14H17N3O2/c18-13-11(9-10-5-2-1-3-6-10)15-14(19)16-12-7-4-8-17(12)13/h1-3,5-6,11-12H,4,7-9H2,(H2,15,16,19)/t11-,12+/m1/s1. The fourth-order valence-electron chi connectivity index (χ4n) is 2.78. The van der Waals surface area contributed by atoms with Crippen molar-refractivity contribution >= 4 is 11.9 Å². The minimum Gasteiger partial charge on any atom is -0.326 e. The van der Waals surface area contributed by atoms with Gasteiger partial charge in [0.05, 0.1) is 0 Å². The predicted octanol–water partition coefficient (Wildman–Crippen LogP) is 0.859. The number of nitrogens with one attached hydrogen (secondary N) is 2. The molecule has 2 aliphatic rings. The van der Waals surface area contributed by atoms with E-state index < -0.39 is 6.04 Å². The van der Waals surface area contributed by atoms with Gasteiger partial charge in [-0.3, -0.25) is 4.79 Å². The lowest BCUT2D eigenvalue weighted by atomic mass is 10.1. The Morgan fingerprint density at radius 3 is 2.74 bits per heavy atom. The lowest BCUT2D eigenvalue weighted by molar-refractivity contribution is -0.133. The summed E-state index contributed by atoms with van der Waals surface area (Å²) in [5, 5.41) is 5.61. The van der Waals surface area contributed by atoms with Crippen LogP contribution in [0.5, 0.6) is 0 Å². The fourth-order valence-corrected chi connectivity index (χ4v) is 2.78. The monoisotopic (exact) mass is 259 g/mol. The molecule has 1 aromatic rings. The van der Waals surface area contributed by atoms with Crippen LogP contribution in [0.4, 0.5) is 4.79 Å². The fraction of sp³-hybridized carbons (Fsp3) is 0.429. The van der Waals surface area contributed by atoms with Gasteiger partial charge in [0.15, 0.2) is 0 Å². The van der Waals surface area contributed by atoms with Gasteiger partial charge in [0.2, 0.25) is 5.91 Å². The van der Waals surface area contributed by atoms with Gasteiger partial charge in [-0.1, -0.05) is 30.3 Å². The molecule has 2 heterocycles. The molecule has 2 atom stereocenters. The summed E-state index contributed by atoms with van der Waals surface area (Å²) in [6, 6.07) is 9.05. The van der Waals surface area contributed by atoms with Gasteiger partial charge in [-0.05, 0) is 18.4 Å². The van der Waals surface area contributed by atoms with Gasteiger partial charge in [0.1, 0.15) is 12.2 Å². The van der Waals surface area contributed by atoms with E-state index in [0.29, 0.717) is 6.42 Å². The van der Waals surface area contributed by atoms with Crippen LogP contribution in [-0.4, -0.2) is 35.6 Å². The number of hydrogen-bond donors (Lipinski definition) is 2. The van der Waals surface area contributed by atoms with E-state index in [9.17, 15) is 9.59 Å². The zero-order chi connectivity index (χ0) is 13.2. The van der Waals surface area contributed by atoms with Crippen LogP contribution in [0.15, 0.2) is 30.3 Å². The maximum absolute atomic E-state index is 12.4. The molecule has 0 aliphatic carbocycles. The number of rotatable bonds is 2. The van der Waals surface area contributed by atoms with E-state index in [0.717, 1.165) is 24.9 Å². The van der Waals surface area contributed by atoms with E-state index in [4.69, 9.17) is 0 Å². The van der Waals surface area contributed by atoms with Crippen LogP contribution >= 0.6 is 0 Å². The molecule has 0 saturated carbocycles. The second-order valence-electron chi connectivity index (χ2n) is 5.05. The number of nitrogens with zero attached hydrogens (tertiary/aromatic N) is 1. The van der Waals surface area contributed by atoms with Crippen LogP contribution < -0.4 is 10.6 Å². The van der Waals surface area contributed by atoms with Crippen molar-refractivity contribution in [1.29, 1.82) is 0 Å². The molecule has 3 amide bonds. The number of benzene rings is 1. The van der Waals surface area contributed by atoms with E-state index in [1.54, 1.807) is 4.90 Å². The van der Waals surface area contributed by atoms with Crippen molar-refractivity contribution in [2.75, 3.05) is 6.54 Å². The van der Waals surface area contributed by atoms with Crippen molar-refractivity contribution < 1.29 is 9.59 Å². The van der Waals surface area contributed by atoms with Gasteiger partial charge in [0, 0.05) is 13.0 Å². The molecule has 2 N–H and O–H groups in total. The molecule has 1 aromatic carbocycles. The molecule has 5 heteroatoms. The average Bonchev–Trinajstić information content (AvgIpc) is 2.82. The van der Waals surface area contributed by atoms with E-state index in [-0.39, 0.29) is 18.1 Å². The first-order valence-electron chi connectivity index (χ1n) is 6.65. The lowest BCUT2D eigenvalue weighted by Gasteiger charge is -2.23. The van der Waals surface area contributed by atoms with Gasteiger partial charge in [-0.25, -0.2) is 4.79 Å². The van der Waals surface area contributed by atoms with E-state index in [2.05, 4.69) is 10.6 Å². The highest BCUT2D eigenvalue weighted by molar-refractivity contribution is 5.90. The molecule has 2 saturated heterocycles. The van der Waals surface area contributed by atoms with Gasteiger partial charge in [0.25, 0.3) is 0 Å². The Balaban J connectivity index is 1.79. The van der Waals surface area contributed by atoms with E-state index >= 15 is 0 Å². The summed E-state index contributed by atoms with van der Waals surface area (Å²) in [6.45, 7) is 0.733. The summed E-state index contributed by atoms with van der Waals surface area (Å²) < 4.78 is 0. The highest BCUT2D eigenvalue weighted by Gasteiger charge is 2.37. The summed E-state index contributed by atoms with van der Waals surface area (Å²) in [5.74, 6) is 0.0182. The maximum Gasteiger partial charge on any atom is 0.317 e. The van der Waals surface area contributed by atoms with Crippen LogP contribution in [0.3, 0.4) is 0 Å². The van der Waals surface area contributed by atoms with Crippen molar-refractivity contribution in [2.45, 2.75) is 31.5 Å². The van der Waals surface area contributed by atoms with Crippen molar-refractivity contribution in [2.24, 2.45) is 0 Å². The topological polar surface area (TPSA) is 61.4 Å². The van der Waals surface area contributed by atoms with E-state index in [1.165, 1.54) is 0 Å². The summed E-state index contributed by atoms with van der Waals surface area (Å²) >= 11 is 0. The molecule has 3 rings (SSSR count). The molecule has 0 spiro atoms. The third kappa shape index (κ3) is 2.41. The Morgan fingerprint density at radius 2 is 1.95 bits per heavy atom. The summed E-state index contributed by atoms with van der Waals surface area (Å²) in [4.78, 5) is 26.0. The van der Waals surface area contributed by atoms with Gasteiger partial charge >= 0.3 is 6.03 Å². The molecule has 5 nitrogen and oxygen atoms in total. The molecule has 0 aromatic heterocycles. The Morgan fingerprint density at radius 1 is 1.16 bits per heavy atom. The second kappa shape index (κ2) is 4.91. The highest BCUT2D eigenvalue weighted by atomic mass is 16.2. The Bertz CT molecular complexity index is 489. The third-order valence-electron chi connectivity index (χ3n) is 3.72. The smallest absolute Gasteiger partial charge is 0.317 e. The largest absolute Gasteiger partial charge is 0.326 e. The summed E-state index contributed by atoms with van der Waals surface area (Å²) in [6.07, 6.45) is 2.20. The second-order valence-corrected chi connectivity index (χ2v) is 5.05. The number of fused-ring (bicyclic) bond motifs is 1. The SMILES string of the molecule is O=C1N[C@H](Cc2ccccc2)C(=O)N2CCC[C@H]2N1. The molecule has 2 aliphatic heterocycles. The molecular formula is C14H17N3O2. The molecule has 0 unspecified atom stereocenters. The Labute approximate surface area is 112 Å². The van der Waals surface area contributed by atoms with Crippen LogP contribution in [0.25, 0.3) is 0 Å². The number of amides is 3. The van der Waals surface area contributed by atoms with Gasteiger partial charge in [-0.2, -0.15) is 0 Å². The predicted molar refractivity (Wildman–Crippen MR) is 70.3 cm³/mol. The number of hydrogen-bond acceptors (Lipinski definition) is 2. The van der Waals surface area contributed by atoms with Crippen molar-refractivity contribution in [3.05, 3.63) is 35.9 Å². The molecule has 100 valence electrons. The zero-order valence-corrected chi connectivity index (χ0v) is 10.6. The number of carbonyl (C=O) groups excluding carboxylic acids is 2. The molecular weight excluding hydrogens is 242 g/mol. The Hall–Kier alpha value is -2.04. The van der Waals surface area contributed by atoms with Gasteiger partial charge in [-0.15, -0.1) is 0 Å². The Kier molecular flexibility index (Phi) is 3.11. The average molecular weight is 259 g/mol. The van der Waals surface area contributed by atoms with E-state index in [1.807, 2.05) is 30.3 Å². The van der Waals surface area contributed by atoms with Crippen LogP contribution in [0.2, 0.25) is 0 Å². The van der Waals surface area contributed by atoms with Crippen molar-refractivity contribution in [3.63, 3.8) is 0 Å². The molecule has 19 heavy (non-hydrogen) atoms. The number of carbonyl (C=O) groups is 2. The summed E-state index contributed by atoms with van der Waals surface area (Å²) in [5.41, 5.74) is 1.05. The lowest BCUT2D eigenvalue weighted by Crippen LogP contribution is -2.46.